The number of likely N-dealkylation sites (N-methyl/N-ethyl adjacent to an activating group) is 1. The first-order chi connectivity index (χ1) is 13.6. The minimum Gasteiger partial charge on any atom is -0.339 e. The van der Waals surface area contributed by atoms with Crippen LogP contribution >= 0.6 is 0 Å². The van der Waals surface area contributed by atoms with Gasteiger partial charge in [-0.2, -0.15) is 0 Å². The van der Waals surface area contributed by atoms with E-state index in [9.17, 15) is 9.18 Å². The highest BCUT2D eigenvalue weighted by molar-refractivity contribution is 5.94. The van der Waals surface area contributed by atoms with Crippen LogP contribution in [-0.2, 0) is 0 Å². The first-order valence-electron chi connectivity index (χ1n) is 10.3. The number of nitrogens with zero attached hydrogens (tertiary/aromatic N) is 3. The van der Waals surface area contributed by atoms with E-state index in [2.05, 4.69) is 47.1 Å². The van der Waals surface area contributed by atoms with Crippen molar-refractivity contribution < 1.29 is 9.18 Å². The van der Waals surface area contributed by atoms with Crippen LogP contribution in [0.25, 0.3) is 0 Å². The molecule has 5 heteroatoms. The summed E-state index contributed by atoms with van der Waals surface area (Å²) in [5.74, 6) is -0.0231. The number of pyridine rings is 1. The summed E-state index contributed by atoms with van der Waals surface area (Å²) >= 11 is 0. The number of benzene rings is 1. The van der Waals surface area contributed by atoms with Crippen LogP contribution in [0.4, 0.5) is 4.39 Å². The number of rotatable bonds is 3. The predicted molar refractivity (Wildman–Crippen MR) is 108 cm³/mol. The molecule has 1 aromatic heterocycles. The lowest BCUT2D eigenvalue weighted by molar-refractivity contribution is 0.0158. The molecule has 1 aromatic carbocycles. The van der Waals surface area contributed by atoms with Crippen molar-refractivity contribution in [3.63, 3.8) is 0 Å². The fourth-order valence-corrected chi connectivity index (χ4v) is 4.95. The fraction of sp³-hybridized carbons (Fsp3) is 0.478. The van der Waals surface area contributed by atoms with Gasteiger partial charge in [-0.25, -0.2) is 4.39 Å². The predicted octanol–water partition coefficient (Wildman–Crippen LogP) is 3.95. The van der Waals surface area contributed by atoms with Crippen molar-refractivity contribution in [3.8, 4) is 0 Å². The smallest absolute Gasteiger partial charge is 0.255 e. The lowest BCUT2D eigenvalue weighted by atomic mass is 9.68. The van der Waals surface area contributed by atoms with Gasteiger partial charge in [0.05, 0.1) is 11.8 Å². The van der Waals surface area contributed by atoms with Crippen LogP contribution in [0.3, 0.4) is 0 Å². The van der Waals surface area contributed by atoms with Gasteiger partial charge < -0.3 is 9.80 Å². The molecule has 0 unspecified atom stereocenters. The van der Waals surface area contributed by atoms with Crippen molar-refractivity contribution in [2.24, 2.45) is 5.41 Å². The van der Waals surface area contributed by atoms with E-state index in [-0.39, 0.29) is 11.3 Å². The maximum absolute atomic E-state index is 13.4. The summed E-state index contributed by atoms with van der Waals surface area (Å²) in [6.45, 7) is 6.97. The van der Waals surface area contributed by atoms with Crippen LogP contribution in [0.15, 0.2) is 48.8 Å². The Bertz CT molecular complexity index is 818. The number of carbonyl (C=O) groups is 1. The first-order valence-corrected chi connectivity index (χ1v) is 10.3. The summed E-state index contributed by atoms with van der Waals surface area (Å²) in [7, 11) is 0. The van der Waals surface area contributed by atoms with Gasteiger partial charge >= 0.3 is 0 Å². The average Bonchev–Trinajstić information content (AvgIpc) is 2.74. The third-order valence-electron chi connectivity index (χ3n) is 6.50. The number of carbonyl (C=O) groups excluding carboxylic acids is 1. The van der Waals surface area contributed by atoms with E-state index in [0.29, 0.717) is 11.5 Å². The second-order valence-electron chi connectivity index (χ2n) is 8.32. The number of piperidine rings is 2. The Kier molecular flexibility index (Phi) is 5.44. The van der Waals surface area contributed by atoms with E-state index in [0.717, 1.165) is 51.8 Å². The van der Waals surface area contributed by atoms with Crippen molar-refractivity contribution in [1.82, 2.24) is 14.8 Å². The van der Waals surface area contributed by atoms with Crippen LogP contribution in [-0.4, -0.2) is 53.4 Å². The molecule has 0 bridgehead atoms. The zero-order valence-electron chi connectivity index (χ0n) is 16.5. The molecule has 4 nitrogen and oxygen atoms in total. The van der Waals surface area contributed by atoms with Crippen molar-refractivity contribution >= 4 is 5.91 Å². The number of hydrogen-bond donors (Lipinski definition) is 0. The highest BCUT2D eigenvalue weighted by Gasteiger charge is 2.42. The van der Waals surface area contributed by atoms with E-state index in [1.165, 1.54) is 24.2 Å². The van der Waals surface area contributed by atoms with E-state index in [1.807, 2.05) is 4.90 Å². The molecule has 0 saturated carbocycles. The third kappa shape index (κ3) is 3.95. The molecule has 0 N–H and O–H groups in total. The second-order valence-corrected chi connectivity index (χ2v) is 8.32. The second kappa shape index (κ2) is 8.00. The zero-order valence-corrected chi connectivity index (χ0v) is 16.5. The molecule has 2 fully saturated rings. The van der Waals surface area contributed by atoms with Crippen molar-refractivity contribution in [1.29, 1.82) is 0 Å². The Morgan fingerprint density at radius 2 is 1.96 bits per heavy atom. The SMILES string of the molecule is CCN1C[C@@H](c2ccccc2)CC2(CCN(C(=O)c3cncc(F)c3)CC2)C1. The Labute approximate surface area is 166 Å². The molecular formula is C23H28FN3O. The number of halogens is 1. The van der Waals surface area contributed by atoms with E-state index in [1.54, 1.807) is 0 Å². The minimum absolute atomic E-state index is 0.107. The molecule has 28 heavy (non-hydrogen) atoms. The summed E-state index contributed by atoms with van der Waals surface area (Å²) in [6.07, 6.45) is 5.77. The Hall–Kier alpha value is -2.27. The normalized spacial score (nSPS) is 22.4. The maximum Gasteiger partial charge on any atom is 0.255 e. The molecular weight excluding hydrogens is 353 g/mol. The van der Waals surface area contributed by atoms with E-state index >= 15 is 0 Å². The van der Waals surface area contributed by atoms with Gasteiger partial charge in [-0.1, -0.05) is 37.3 Å². The molecule has 1 atom stereocenters. The summed E-state index contributed by atoms with van der Waals surface area (Å²) in [6, 6.07) is 12.1. The number of aromatic nitrogens is 1. The zero-order chi connectivity index (χ0) is 19.6. The molecule has 2 aromatic rings. The lowest BCUT2D eigenvalue weighted by Gasteiger charge is -2.50. The molecule has 4 rings (SSSR count). The number of amides is 1. The monoisotopic (exact) mass is 381 g/mol. The molecule has 2 aliphatic heterocycles. The molecule has 3 heterocycles. The maximum atomic E-state index is 13.4. The van der Waals surface area contributed by atoms with Crippen LogP contribution in [0.5, 0.6) is 0 Å². The fourth-order valence-electron chi connectivity index (χ4n) is 4.95. The standard InChI is InChI=1S/C23H28FN3O/c1-2-26-16-20(18-6-4-3-5-7-18)13-23(17-26)8-10-27(11-9-23)22(28)19-12-21(24)15-25-14-19/h3-7,12,14-15,20H,2,8-11,13,16-17H2,1H3/t20-/m0/s1. The van der Waals surface area contributed by atoms with Crippen LogP contribution < -0.4 is 0 Å². The summed E-state index contributed by atoms with van der Waals surface area (Å²) < 4.78 is 13.4. The van der Waals surface area contributed by atoms with Crippen LogP contribution in [0.1, 0.15) is 48.0 Å². The van der Waals surface area contributed by atoms with Gasteiger partial charge in [0.25, 0.3) is 5.91 Å². The summed E-state index contributed by atoms with van der Waals surface area (Å²) in [4.78, 5) is 21.0. The van der Waals surface area contributed by atoms with Crippen LogP contribution in [0.2, 0.25) is 0 Å². The molecule has 0 radical (unpaired) electrons. The molecule has 0 aliphatic carbocycles. The van der Waals surface area contributed by atoms with Crippen molar-refractivity contribution in [3.05, 3.63) is 65.7 Å². The lowest BCUT2D eigenvalue weighted by Crippen LogP contribution is -2.52. The number of hydrogen-bond acceptors (Lipinski definition) is 3. The molecule has 148 valence electrons. The van der Waals surface area contributed by atoms with E-state index in [4.69, 9.17) is 0 Å². The van der Waals surface area contributed by atoms with Gasteiger partial charge in [0.1, 0.15) is 5.82 Å². The first kappa shape index (κ1) is 19.1. The highest BCUT2D eigenvalue weighted by Crippen LogP contribution is 2.45. The summed E-state index contributed by atoms with van der Waals surface area (Å²) in [5, 5.41) is 0. The summed E-state index contributed by atoms with van der Waals surface area (Å²) in [5.41, 5.74) is 2.02. The van der Waals surface area contributed by atoms with Gasteiger partial charge in [-0.3, -0.25) is 9.78 Å². The number of likely N-dealkylation sites (tertiary alicyclic amines) is 2. The Morgan fingerprint density at radius 3 is 2.64 bits per heavy atom. The van der Waals surface area contributed by atoms with Gasteiger partial charge in [0.2, 0.25) is 0 Å². The van der Waals surface area contributed by atoms with Gasteiger partial charge in [-0.05, 0) is 48.8 Å². The minimum atomic E-state index is -0.462. The molecule has 2 saturated heterocycles. The van der Waals surface area contributed by atoms with Crippen LogP contribution in [0, 0.1) is 11.2 Å². The van der Waals surface area contributed by atoms with Crippen molar-refractivity contribution in [2.75, 3.05) is 32.7 Å². The molecule has 1 amide bonds. The van der Waals surface area contributed by atoms with E-state index < -0.39 is 5.82 Å². The van der Waals surface area contributed by atoms with Gasteiger partial charge in [-0.15, -0.1) is 0 Å². The van der Waals surface area contributed by atoms with Gasteiger partial charge in [0.15, 0.2) is 0 Å². The Balaban J connectivity index is 1.46. The highest BCUT2D eigenvalue weighted by atomic mass is 19.1. The quantitative estimate of drug-likeness (QED) is 0.808. The Morgan fingerprint density at radius 1 is 1.21 bits per heavy atom. The van der Waals surface area contributed by atoms with Gasteiger partial charge in [0, 0.05) is 32.4 Å². The third-order valence-corrected chi connectivity index (χ3v) is 6.50. The molecule has 1 spiro atoms. The topological polar surface area (TPSA) is 36.4 Å². The average molecular weight is 381 g/mol. The largest absolute Gasteiger partial charge is 0.339 e. The molecule has 2 aliphatic rings. The van der Waals surface area contributed by atoms with Crippen molar-refractivity contribution in [2.45, 2.75) is 32.1 Å².